The molecule has 0 aliphatic carbocycles. The first-order chi connectivity index (χ1) is 15.4. The smallest absolute Gasteiger partial charge is 0.251 e. The molecule has 0 saturated carbocycles. The maximum absolute atomic E-state index is 12.8. The Bertz CT molecular complexity index is 1160. The van der Waals surface area contributed by atoms with Gasteiger partial charge in [0.25, 0.3) is 5.91 Å². The number of benzene rings is 3. The van der Waals surface area contributed by atoms with Crippen molar-refractivity contribution in [3.05, 3.63) is 101 Å². The molecule has 0 heterocycles. The Hall–Kier alpha value is -3.00. The summed E-state index contributed by atoms with van der Waals surface area (Å²) in [7, 11) is -3.64. The number of rotatable bonds is 10. The van der Waals surface area contributed by atoms with Gasteiger partial charge < -0.3 is 10.1 Å². The summed E-state index contributed by atoms with van der Waals surface area (Å²) in [6.45, 7) is 5.02. The van der Waals surface area contributed by atoms with Crippen molar-refractivity contribution in [1.82, 2.24) is 10.0 Å². The minimum absolute atomic E-state index is 0.0739. The molecule has 1 amide bonds. The minimum atomic E-state index is -3.64. The van der Waals surface area contributed by atoms with Crippen molar-refractivity contribution in [2.75, 3.05) is 6.54 Å². The first kappa shape index (κ1) is 23.7. The van der Waals surface area contributed by atoms with E-state index in [9.17, 15) is 13.2 Å². The topological polar surface area (TPSA) is 84.5 Å². The molecule has 0 atom stereocenters. The van der Waals surface area contributed by atoms with Crippen molar-refractivity contribution in [3.63, 3.8) is 0 Å². The van der Waals surface area contributed by atoms with E-state index in [0.29, 0.717) is 30.9 Å². The maximum atomic E-state index is 12.8. The third kappa shape index (κ3) is 6.26. The number of amides is 1. The van der Waals surface area contributed by atoms with Gasteiger partial charge in [-0.3, -0.25) is 4.79 Å². The number of carbonyl (C=O) groups is 1. The zero-order chi connectivity index (χ0) is 23.0. The van der Waals surface area contributed by atoms with Crippen LogP contribution in [0.1, 0.15) is 39.5 Å². The van der Waals surface area contributed by atoms with Crippen LogP contribution in [0.25, 0.3) is 0 Å². The summed E-state index contributed by atoms with van der Waals surface area (Å²) in [5.41, 5.74) is 4.08. The number of aryl methyl sites for hydroxylation is 1. The van der Waals surface area contributed by atoms with Gasteiger partial charge in [0.15, 0.2) is 0 Å². The fourth-order valence-electron chi connectivity index (χ4n) is 3.28. The Kier molecular flexibility index (Phi) is 8.16. The van der Waals surface area contributed by atoms with Gasteiger partial charge in [0, 0.05) is 18.7 Å². The van der Waals surface area contributed by atoms with E-state index in [1.807, 2.05) is 54.6 Å². The van der Waals surface area contributed by atoms with Crippen LogP contribution in [0.3, 0.4) is 0 Å². The van der Waals surface area contributed by atoms with E-state index in [2.05, 4.69) is 10.0 Å². The molecule has 6 nitrogen and oxygen atoms in total. The fraction of sp³-hybridized carbons (Fsp3) is 0.240. The van der Waals surface area contributed by atoms with E-state index in [4.69, 9.17) is 4.74 Å². The summed E-state index contributed by atoms with van der Waals surface area (Å²) < 4.78 is 32.9. The van der Waals surface area contributed by atoms with Gasteiger partial charge in [-0.25, -0.2) is 13.1 Å². The minimum Gasteiger partial charge on any atom is -0.372 e. The molecule has 0 aromatic heterocycles. The number of nitrogens with one attached hydrogen (secondary N) is 2. The van der Waals surface area contributed by atoms with Crippen LogP contribution in [0, 0.1) is 6.92 Å². The molecule has 0 saturated heterocycles. The molecule has 3 rings (SSSR count). The lowest BCUT2D eigenvalue weighted by Crippen LogP contribution is -2.26. The second-order valence-electron chi connectivity index (χ2n) is 7.41. The lowest BCUT2D eigenvalue weighted by Gasteiger charge is -2.13. The van der Waals surface area contributed by atoms with Crippen LogP contribution in [-0.2, 0) is 34.5 Å². The first-order valence-electron chi connectivity index (χ1n) is 10.5. The van der Waals surface area contributed by atoms with Crippen LogP contribution in [-0.4, -0.2) is 20.9 Å². The van der Waals surface area contributed by atoms with Gasteiger partial charge in [0.05, 0.1) is 18.1 Å². The molecular weight excluding hydrogens is 424 g/mol. The first-order valence-corrected chi connectivity index (χ1v) is 12.0. The normalized spacial score (nSPS) is 11.3. The molecule has 3 aromatic rings. The van der Waals surface area contributed by atoms with Crippen LogP contribution in [0.5, 0.6) is 0 Å². The fourth-order valence-corrected chi connectivity index (χ4v) is 4.35. The average Bonchev–Trinajstić information content (AvgIpc) is 2.79. The summed E-state index contributed by atoms with van der Waals surface area (Å²) in [6.07, 6.45) is 0. The van der Waals surface area contributed by atoms with Gasteiger partial charge in [-0.2, -0.15) is 0 Å². The van der Waals surface area contributed by atoms with E-state index in [-0.39, 0.29) is 17.3 Å². The van der Waals surface area contributed by atoms with Crippen LogP contribution in [0.2, 0.25) is 0 Å². The molecule has 2 N–H and O–H groups in total. The zero-order valence-corrected chi connectivity index (χ0v) is 19.1. The SMILES string of the molecule is CCNS(=O)(=O)c1ccc(C)c(C(=O)NCc2ccccc2COCc2ccccc2)c1. The van der Waals surface area contributed by atoms with Crippen molar-refractivity contribution >= 4 is 15.9 Å². The molecule has 0 fully saturated rings. The number of carbonyl (C=O) groups excluding carboxylic acids is 1. The lowest BCUT2D eigenvalue weighted by atomic mass is 10.1. The van der Waals surface area contributed by atoms with Gasteiger partial charge in [0.1, 0.15) is 0 Å². The number of ether oxygens (including phenoxy) is 1. The highest BCUT2D eigenvalue weighted by atomic mass is 32.2. The van der Waals surface area contributed by atoms with Crippen LogP contribution in [0.15, 0.2) is 77.7 Å². The molecule has 32 heavy (non-hydrogen) atoms. The quantitative estimate of drug-likeness (QED) is 0.488. The molecule has 0 bridgehead atoms. The highest BCUT2D eigenvalue weighted by Crippen LogP contribution is 2.17. The molecule has 0 aliphatic heterocycles. The Morgan fingerprint density at radius 3 is 2.31 bits per heavy atom. The highest BCUT2D eigenvalue weighted by molar-refractivity contribution is 7.89. The monoisotopic (exact) mass is 452 g/mol. The third-order valence-electron chi connectivity index (χ3n) is 5.03. The number of hydrogen-bond donors (Lipinski definition) is 2. The predicted molar refractivity (Wildman–Crippen MR) is 125 cm³/mol. The van der Waals surface area contributed by atoms with Crippen molar-refractivity contribution in [2.45, 2.75) is 38.5 Å². The Morgan fingerprint density at radius 1 is 0.906 bits per heavy atom. The van der Waals surface area contributed by atoms with E-state index >= 15 is 0 Å². The number of hydrogen-bond acceptors (Lipinski definition) is 4. The summed E-state index contributed by atoms with van der Waals surface area (Å²) in [4.78, 5) is 12.9. The standard InChI is InChI=1S/C25H28N2O4S/c1-3-27-32(29,30)23-14-13-19(2)24(15-23)25(28)26-16-21-11-7-8-12-22(21)18-31-17-20-9-5-4-6-10-20/h4-15,27H,3,16-18H2,1-2H3,(H,26,28). The molecule has 0 unspecified atom stereocenters. The van der Waals surface area contributed by atoms with Gasteiger partial charge in [-0.1, -0.05) is 67.6 Å². The Labute approximate surface area is 189 Å². The van der Waals surface area contributed by atoms with E-state index in [1.54, 1.807) is 19.9 Å². The van der Waals surface area contributed by atoms with Crippen LogP contribution >= 0.6 is 0 Å². The largest absolute Gasteiger partial charge is 0.372 e. The van der Waals surface area contributed by atoms with Crippen LogP contribution in [0.4, 0.5) is 0 Å². The molecule has 0 radical (unpaired) electrons. The Morgan fingerprint density at radius 2 is 1.59 bits per heavy atom. The van der Waals surface area contributed by atoms with Crippen molar-refractivity contribution in [2.24, 2.45) is 0 Å². The molecular formula is C25H28N2O4S. The number of sulfonamides is 1. The van der Waals surface area contributed by atoms with Crippen molar-refractivity contribution in [3.8, 4) is 0 Å². The predicted octanol–water partition coefficient (Wildman–Crippen LogP) is 3.94. The van der Waals surface area contributed by atoms with E-state index in [0.717, 1.165) is 16.7 Å². The second kappa shape index (κ2) is 11.0. The molecule has 168 valence electrons. The van der Waals surface area contributed by atoms with Gasteiger partial charge in [-0.15, -0.1) is 0 Å². The van der Waals surface area contributed by atoms with Crippen molar-refractivity contribution < 1.29 is 17.9 Å². The highest BCUT2D eigenvalue weighted by Gasteiger charge is 2.17. The average molecular weight is 453 g/mol. The van der Waals surface area contributed by atoms with E-state index < -0.39 is 10.0 Å². The summed E-state index contributed by atoms with van der Waals surface area (Å²) in [6, 6.07) is 22.3. The molecule has 0 spiro atoms. The zero-order valence-electron chi connectivity index (χ0n) is 18.3. The van der Waals surface area contributed by atoms with Crippen LogP contribution < -0.4 is 10.0 Å². The van der Waals surface area contributed by atoms with Gasteiger partial charge in [-0.05, 0) is 41.3 Å². The second-order valence-corrected chi connectivity index (χ2v) is 9.17. The summed E-state index contributed by atoms with van der Waals surface area (Å²) in [5, 5.41) is 2.91. The summed E-state index contributed by atoms with van der Waals surface area (Å²) >= 11 is 0. The summed E-state index contributed by atoms with van der Waals surface area (Å²) in [5.74, 6) is -0.323. The molecule has 7 heteroatoms. The molecule has 3 aromatic carbocycles. The van der Waals surface area contributed by atoms with E-state index in [1.165, 1.54) is 12.1 Å². The molecule has 0 aliphatic rings. The lowest BCUT2D eigenvalue weighted by molar-refractivity contribution is 0.0947. The van der Waals surface area contributed by atoms with Crippen molar-refractivity contribution in [1.29, 1.82) is 0 Å². The third-order valence-corrected chi connectivity index (χ3v) is 6.57. The Balaban J connectivity index is 1.66. The van der Waals surface area contributed by atoms with Gasteiger partial charge in [0.2, 0.25) is 10.0 Å². The van der Waals surface area contributed by atoms with Gasteiger partial charge >= 0.3 is 0 Å². The maximum Gasteiger partial charge on any atom is 0.251 e.